The van der Waals surface area contributed by atoms with Crippen molar-refractivity contribution in [3.8, 4) is 0 Å². The van der Waals surface area contributed by atoms with Crippen LogP contribution in [0.3, 0.4) is 0 Å². The maximum atomic E-state index is 13.3. The van der Waals surface area contributed by atoms with Crippen molar-refractivity contribution in [1.29, 1.82) is 0 Å². The van der Waals surface area contributed by atoms with Gasteiger partial charge in [0.05, 0.1) is 5.56 Å². The molecule has 1 saturated heterocycles. The third kappa shape index (κ3) is 3.86. The van der Waals surface area contributed by atoms with Crippen molar-refractivity contribution in [2.75, 3.05) is 27.2 Å². The molecule has 1 heterocycles. The van der Waals surface area contributed by atoms with E-state index in [-0.39, 0.29) is 29.0 Å². The largest absolute Gasteiger partial charge is 0.416 e. The lowest BCUT2D eigenvalue weighted by molar-refractivity contribution is -0.138. The monoisotopic (exact) mass is 328 g/mol. The number of likely N-dealkylation sites (N-methyl/N-ethyl adjacent to an activating group) is 1. The second-order valence-electron chi connectivity index (χ2n) is 6.61. The van der Waals surface area contributed by atoms with Crippen molar-refractivity contribution in [1.82, 2.24) is 9.80 Å². The number of carbonyl (C=O) groups excluding carboxylic acids is 1. The van der Waals surface area contributed by atoms with E-state index < -0.39 is 11.7 Å². The second kappa shape index (κ2) is 6.51. The predicted octanol–water partition coefficient (Wildman–Crippen LogP) is 3.60. The highest BCUT2D eigenvalue weighted by atomic mass is 19.4. The maximum absolute atomic E-state index is 13.3. The Morgan fingerprint density at radius 1 is 1.30 bits per heavy atom. The van der Waals surface area contributed by atoms with Crippen LogP contribution < -0.4 is 0 Å². The van der Waals surface area contributed by atoms with Crippen LogP contribution >= 0.6 is 0 Å². The highest BCUT2D eigenvalue weighted by molar-refractivity contribution is 5.94. The lowest BCUT2D eigenvalue weighted by Crippen LogP contribution is -2.34. The molecule has 1 aromatic carbocycles. The zero-order valence-corrected chi connectivity index (χ0v) is 13.9. The second-order valence-corrected chi connectivity index (χ2v) is 6.61. The summed E-state index contributed by atoms with van der Waals surface area (Å²) >= 11 is 0. The fraction of sp³-hybridized carbons (Fsp3) is 0.588. The minimum atomic E-state index is -4.45. The van der Waals surface area contributed by atoms with E-state index in [2.05, 4.69) is 0 Å². The van der Waals surface area contributed by atoms with Gasteiger partial charge in [0.2, 0.25) is 0 Å². The third-order valence-corrected chi connectivity index (χ3v) is 4.41. The average molecular weight is 328 g/mol. The summed E-state index contributed by atoms with van der Waals surface area (Å²) in [5.74, 6) is -0.573. The molecule has 1 amide bonds. The lowest BCUT2D eigenvalue weighted by atomic mass is 9.94. The molecule has 0 aliphatic carbocycles. The van der Waals surface area contributed by atoms with Crippen LogP contribution in [0.15, 0.2) is 18.2 Å². The minimum Gasteiger partial charge on any atom is -0.337 e. The molecule has 6 heteroatoms. The topological polar surface area (TPSA) is 23.6 Å². The van der Waals surface area contributed by atoms with Gasteiger partial charge in [0.25, 0.3) is 5.91 Å². The zero-order chi connectivity index (χ0) is 17.4. The molecule has 2 rings (SSSR count). The van der Waals surface area contributed by atoms with Crippen molar-refractivity contribution in [3.05, 3.63) is 34.9 Å². The van der Waals surface area contributed by atoms with Crippen LogP contribution in [0.2, 0.25) is 0 Å². The van der Waals surface area contributed by atoms with Gasteiger partial charge < -0.3 is 9.80 Å². The molecule has 0 saturated carbocycles. The molecular formula is C17H23F3N2O. The number of hydrogen-bond acceptors (Lipinski definition) is 2. The van der Waals surface area contributed by atoms with Crippen LogP contribution in [0.5, 0.6) is 0 Å². The summed E-state index contributed by atoms with van der Waals surface area (Å²) in [7, 11) is 3.88. The van der Waals surface area contributed by atoms with Gasteiger partial charge in [-0.25, -0.2) is 0 Å². The smallest absolute Gasteiger partial charge is 0.337 e. The van der Waals surface area contributed by atoms with E-state index in [4.69, 9.17) is 0 Å². The highest BCUT2D eigenvalue weighted by Crippen LogP contribution is 2.36. The number of benzene rings is 1. The molecule has 0 radical (unpaired) electrons. The minimum absolute atomic E-state index is 0.112. The fourth-order valence-corrected chi connectivity index (χ4v) is 2.97. The maximum Gasteiger partial charge on any atom is 0.416 e. The normalized spacial score (nSPS) is 19.0. The van der Waals surface area contributed by atoms with Gasteiger partial charge in [-0.1, -0.05) is 19.9 Å². The molecular weight excluding hydrogens is 305 g/mol. The molecule has 23 heavy (non-hydrogen) atoms. The molecule has 0 N–H and O–H groups in total. The van der Waals surface area contributed by atoms with E-state index in [0.717, 1.165) is 12.5 Å². The summed E-state index contributed by atoms with van der Waals surface area (Å²) in [6.45, 7) is 4.57. The van der Waals surface area contributed by atoms with Gasteiger partial charge in [0.15, 0.2) is 0 Å². The molecule has 1 aliphatic rings. The van der Waals surface area contributed by atoms with Crippen LogP contribution in [0.4, 0.5) is 13.2 Å². The predicted molar refractivity (Wildman–Crippen MR) is 83.5 cm³/mol. The van der Waals surface area contributed by atoms with Crippen molar-refractivity contribution >= 4 is 5.91 Å². The number of hydrogen-bond donors (Lipinski definition) is 0. The molecule has 1 aliphatic heterocycles. The average Bonchev–Trinajstić information content (AvgIpc) is 2.94. The lowest BCUT2D eigenvalue weighted by Gasteiger charge is -2.21. The van der Waals surface area contributed by atoms with Crippen LogP contribution in [-0.2, 0) is 6.18 Å². The number of nitrogens with zero attached hydrogens (tertiary/aromatic N) is 2. The Labute approximate surface area is 135 Å². The van der Waals surface area contributed by atoms with Crippen LogP contribution in [0.1, 0.15) is 47.7 Å². The Morgan fingerprint density at radius 3 is 2.43 bits per heavy atom. The van der Waals surface area contributed by atoms with E-state index in [1.165, 1.54) is 12.1 Å². The van der Waals surface area contributed by atoms with Crippen molar-refractivity contribution < 1.29 is 18.0 Å². The molecule has 0 spiro atoms. The number of amides is 1. The molecule has 1 atom stereocenters. The van der Waals surface area contributed by atoms with Crippen LogP contribution in [0.25, 0.3) is 0 Å². The first-order valence-electron chi connectivity index (χ1n) is 7.78. The standard InChI is InChI=1S/C17H23F3N2O/c1-11(2)14-6-5-12(9-15(14)17(18,19)20)16(23)22-8-7-13(10-22)21(3)4/h5-6,9,11,13H,7-8,10H2,1-4H3. The first-order chi connectivity index (χ1) is 10.6. The van der Waals surface area contributed by atoms with E-state index >= 15 is 0 Å². The van der Waals surface area contributed by atoms with Gasteiger partial charge in [-0.3, -0.25) is 4.79 Å². The number of likely N-dealkylation sites (tertiary alicyclic amines) is 1. The van der Waals surface area contributed by atoms with Gasteiger partial charge >= 0.3 is 6.18 Å². The zero-order valence-electron chi connectivity index (χ0n) is 13.9. The first-order valence-corrected chi connectivity index (χ1v) is 7.78. The summed E-state index contributed by atoms with van der Waals surface area (Å²) in [5, 5.41) is 0. The summed E-state index contributed by atoms with van der Waals surface area (Å²) in [5.41, 5.74) is -0.371. The molecule has 3 nitrogen and oxygen atoms in total. The first kappa shape index (κ1) is 17.8. The van der Waals surface area contributed by atoms with Gasteiger partial charge in [0.1, 0.15) is 0 Å². The molecule has 1 fully saturated rings. The number of carbonyl (C=O) groups is 1. The summed E-state index contributed by atoms with van der Waals surface area (Å²) in [4.78, 5) is 16.2. The van der Waals surface area contributed by atoms with Crippen molar-refractivity contribution in [3.63, 3.8) is 0 Å². The molecule has 128 valence electrons. The summed E-state index contributed by atoms with van der Waals surface area (Å²) in [6, 6.07) is 4.20. The Balaban J connectivity index is 2.29. The SMILES string of the molecule is CC(C)c1ccc(C(=O)N2CCC(N(C)C)C2)cc1C(F)(F)F. The Hall–Kier alpha value is -1.56. The number of halogens is 3. The Kier molecular flexibility index (Phi) is 5.04. The Bertz CT molecular complexity index is 582. The number of alkyl halides is 3. The van der Waals surface area contributed by atoms with Gasteiger partial charge in [0, 0.05) is 24.7 Å². The van der Waals surface area contributed by atoms with Crippen LogP contribution in [-0.4, -0.2) is 48.9 Å². The fourth-order valence-electron chi connectivity index (χ4n) is 2.97. The third-order valence-electron chi connectivity index (χ3n) is 4.41. The molecule has 1 aromatic rings. The van der Waals surface area contributed by atoms with E-state index in [0.29, 0.717) is 13.1 Å². The van der Waals surface area contributed by atoms with Crippen molar-refractivity contribution in [2.45, 2.75) is 38.4 Å². The van der Waals surface area contributed by atoms with E-state index in [1.807, 2.05) is 19.0 Å². The highest BCUT2D eigenvalue weighted by Gasteiger charge is 2.35. The summed E-state index contributed by atoms with van der Waals surface area (Å²) in [6.07, 6.45) is -3.61. The van der Waals surface area contributed by atoms with Gasteiger partial charge in [-0.2, -0.15) is 13.2 Å². The summed E-state index contributed by atoms with van der Waals surface area (Å²) < 4.78 is 39.8. The molecule has 1 unspecified atom stereocenters. The van der Waals surface area contributed by atoms with Gasteiger partial charge in [-0.15, -0.1) is 0 Å². The molecule has 0 bridgehead atoms. The van der Waals surface area contributed by atoms with Crippen molar-refractivity contribution in [2.24, 2.45) is 0 Å². The van der Waals surface area contributed by atoms with E-state index in [1.54, 1.807) is 18.7 Å². The Morgan fingerprint density at radius 2 is 1.96 bits per heavy atom. The quantitative estimate of drug-likeness (QED) is 0.846. The number of rotatable bonds is 3. The van der Waals surface area contributed by atoms with Gasteiger partial charge in [-0.05, 0) is 44.1 Å². The van der Waals surface area contributed by atoms with Crippen LogP contribution in [0, 0.1) is 0 Å². The van der Waals surface area contributed by atoms with E-state index in [9.17, 15) is 18.0 Å². The molecule has 0 aromatic heterocycles.